The summed E-state index contributed by atoms with van der Waals surface area (Å²) in [5, 5.41) is -1.31. The Kier molecular flexibility index (Phi) is 4.71. The average molecular weight is 448 g/mol. The molecule has 0 aliphatic carbocycles. The molecule has 0 bridgehead atoms. The summed E-state index contributed by atoms with van der Waals surface area (Å²) in [5.41, 5.74) is 0. The Labute approximate surface area is 147 Å². The van der Waals surface area contributed by atoms with Gasteiger partial charge in [0.25, 0.3) is 40.5 Å². The van der Waals surface area contributed by atoms with E-state index in [1.807, 2.05) is 0 Å². The monoisotopic (exact) mass is 448 g/mol. The topological polar surface area (TPSA) is 217 Å². The minimum absolute atomic E-state index is 0.286. The molecule has 0 fully saturated rings. The number of hydrogen-bond acceptors (Lipinski definition) is 8. The highest BCUT2D eigenvalue weighted by atomic mass is 32.2. The summed E-state index contributed by atoms with van der Waals surface area (Å²) in [5.74, 6) is 0. The standard InChI is InChI=1S/C10H8O12S4/c11-23(12,13)6-1-5-2-9(25(17,18)19)10(26(20,21)22)4-7(5)8(3-6)24(14,15)16/h1-4H,(H,11,12,13)(H,14,15,16)(H,17,18,19)(H,20,21,22). The van der Waals surface area contributed by atoms with Crippen molar-refractivity contribution in [3.63, 3.8) is 0 Å². The van der Waals surface area contributed by atoms with Gasteiger partial charge < -0.3 is 0 Å². The lowest BCUT2D eigenvalue weighted by molar-refractivity contribution is 0.466. The highest BCUT2D eigenvalue weighted by Gasteiger charge is 2.28. The Morgan fingerprint density at radius 1 is 0.500 bits per heavy atom. The van der Waals surface area contributed by atoms with Crippen molar-refractivity contribution in [1.29, 1.82) is 0 Å². The van der Waals surface area contributed by atoms with Crippen LogP contribution in [0.1, 0.15) is 0 Å². The minimum Gasteiger partial charge on any atom is -0.282 e. The molecule has 0 saturated carbocycles. The van der Waals surface area contributed by atoms with Crippen molar-refractivity contribution in [3.05, 3.63) is 24.3 Å². The van der Waals surface area contributed by atoms with Crippen molar-refractivity contribution in [3.8, 4) is 0 Å². The van der Waals surface area contributed by atoms with Gasteiger partial charge in [-0.3, -0.25) is 18.2 Å². The summed E-state index contributed by atoms with van der Waals surface area (Å²) in [6.45, 7) is 0. The van der Waals surface area contributed by atoms with Crippen molar-refractivity contribution in [2.45, 2.75) is 19.6 Å². The highest BCUT2D eigenvalue weighted by molar-refractivity contribution is 7.89. The molecule has 0 amide bonds. The van der Waals surface area contributed by atoms with Gasteiger partial charge in [-0.2, -0.15) is 33.7 Å². The van der Waals surface area contributed by atoms with Crippen LogP contribution >= 0.6 is 0 Å². The number of rotatable bonds is 4. The van der Waals surface area contributed by atoms with Crippen LogP contribution in [0.25, 0.3) is 10.8 Å². The Morgan fingerprint density at radius 3 is 1.31 bits per heavy atom. The predicted octanol–water partition coefficient (Wildman–Crippen LogP) is -0.173. The van der Waals surface area contributed by atoms with Gasteiger partial charge in [0.1, 0.15) is 14.7 Å². The normalized spacial score (nSPS) is 13.8. The predicted molar refractivity (Wildman–Crippen MR) is 83.2 cm³/mol. The Balaban J connectivity index is 3.24. The van der Waals surface area contributed by atoms with E-state index in [4.69, 9.17) is 13.7 Å². The summed E-state index contributed by atoms with van der Waals surface area (Å²) in [4.78, 5) is -5.08. The van der Waals surface area contributed by atoms with Gasteiger partial charge in [-0.25, -0.2) is 0 Å². The van der Waals surface area contributed by atoms with E-state index in [0.717, 1.165) is 0 Å². The molecular formula is C10H8O12S4. The maximum absolute atomic E-state index is 11.5. The van der Waals surface area contributed by atoms with Crippen LogP contribution in [0.3, 0.4) is 0 Å². The molecule has 0 heterocycles. The molecule has 26 heavy (non-hydrogen) atoms. The maximum Gasteiger partial charge on any atom is 0.295 e. The zero-order valence-electron chi connectivity index (χ0n) is 12.0. The molecule has 0 aliphatic heterocycles. The number of hydrogen-bond donors (Lipinski definition) is 4. The Bertz CT molecular complexity index is 1350. The molecule has 12 nitrogen and oxygen atoms in total. The second-order valence-corrected chi connectivity index (χ2v) is 10.4. The molecule has 4 N–H and O–H groups in total. The second-order valence-electron chi connectivity index (χ2n) is 4.84. The third kappa shape index (κ3) is 4.01. The largest absolute Gasteiger partial charge is 0.295 e. The van der Waals surface area contributed by atoms with E-state index in [1.165, 1.54) is 0 Å². The summed E-state index contributed by atoms with van der Waals surface area (Å²) < 4.78 is 127. The van der Waals surface area contributed by atoms with Gasteiger partial charge in [-0.05, 0) is 29.7 Å². The Hall–Kier alpha value is -1.66. The van der Waals surface area contributed by atoms with E-state index in [2.05, 4.69) is 0 Å². The van der Waals surface area contributed by atoms with Gasteiger partial charge in [0, 0.05) is 5.39 Å². The van der Waals surface area contributed by atoms with Gasteiger partial charge in [-0.15, -0.1) is 0 Å². The number of benzene rings is 2. The fraction of sp³-hybridized carbons (Fsp3) is 0. The molecule has 2 aromatic rings. The first-order valence-corrected chi connectivity index (χ1v) is 11.7. The summed E-state index contributed by atoms with van der Waals surface area (Å²) in [7, 11) is -20.8. The Morgan fingerprint density at radius 2 is 0.923 bits per heavy atom. The lowest BCUT2D eigenvalue weighted by Crippen LogP contribution is -2.10. The van der Waals surface area contributed by atoms with E-state index in [0.29, 0.717) is 18.2 Å². The van der Waals surface area contributed by atoms with Gasteiger partial charge >= 0.3 is 0 Å². The van der Waals surface area contributed by atoms with Crippen LogP contribution in [0.5, 0.6) is 0 Å². The molecule has 0 aromatic heterocycles. The fourth-order valence-electron chi connectivity index (χ4n) is 2.08. The third-order valence-electron chi connectivity index (χ3n) is 3.08. The van der Waals surface area contributed by atoms with Crippen LogP contribution < -0.4 is 0 Å². The van der Waals surface area contributed by atoms with Crippen molar-refractivity contribution in [2.24, 2.45) is 0 Å². The molecule has 0 spiro atoms. The van der Waals surface area contributed by atoms with E-state index in [9.17, 15) is 38.2 Å². The third-order valence-corrected chi connectivity index (χ3v) is 6.73. The zero-order valence-corrected chi connectivity index (χ0v) is 15.3. The first-order chi connectivity index (χ1) is 11.4. The van der Waals surface area contributed by atoms with Crippen molar-refractivity contribution < 1.29 is 51.9 Å². The van der Waals surface area contributed by atoms with Gasteiger partial charge in [0.2, 0.25) is 0 Å². The second kappa shape index (κ2) is 5.92. The van der Waals surface area contributed by atoms with Crippen LogP contribution in [0.4, 0.5) is 0 Å². The van der Waals surface area contributed by atoms with Crippen LogP contribution in [-0.4, -0.2) is 51.9 Å². The van der Waals surface area contributed by atoms with Crippen LogP contribution in [-0.2, 0) is 40.5 Å². The highest BCUT2D eigenvalue weighted by Crippen LogP contribution is 2.33. The molecule has 2 rings (SSSR count). The average Bonchev–Trinajstić information content (AvgIpc) is 2.40. The quantitative estimate of drug-likeness (QED) is 0.448. The van der Waals surface area contributed by atoms with E-state index in [-0.39, 0.29) is 6.07 Å². The molecule has 2 aromatic carbocycles. The lowest BCUT2D eigenvalue weighted by Gasteiger charge is -2.11. The summed E-state index contributed by atoms with van der Waals surface area (Å²) in [6, 6.07) is 1.48. The lowest BCUT2D eigenvalue weighted by atomic mass is 10.1. The molecule has 0 unspecified atom stereocenters. The van der Waals surface area contributed by atoms with Gasteiger partial charge in [-0.1, -0.05) is 0 Å². The van der Waals surface area contributed by atoms with E-state index >= 15 is 0 Å². The first kappa shape index (κ1) is 20.6. The number of fused-ring (bicyclic) bond motifs is 1. The summed E-state index contributed by atoms with van der Waals surface area (Å²) >= 11 is 0. The first-order valence-electron chi connectivity index (χ1n) is 5.94. The van der Waals surface area contributed by atoms with Gasteiger partial charge in [0.05, 0.1) is 4.90 Å². The van der Waals surface area contributed by atoms with Crippen LogP contribution in [0.2, 0.25) is 0 Å². The zero-order chi connectivity index (χ0) is 20.3. The van der Waals surface area contributed by atoms with Gasteiger partial charge in [0.15, 0.2) is 0 Å². The molecule has 0 radical (unpaired) electrons. The van der Waals surface area contributed by atoms with Crippen molar-refractivity contribution in [2.75, 3.05) is 0 Å². The minimum atomic E-state index is -5.29. The van der Waals surface area contributed by atoms with Crippen molar-refractivity contribution >= 4 is 51.2 Å². The van der Waals surface area contributed by atoms with Crippen LogP contribution in [0, 0.1) is 0 Å². The molecule has 0 aliphatic rings. The fourth-order valence-corrected chi connectivity index (χ4v) is 5.22. The van der Waals surface area contributed by atoms with E-state index < -0.39 is 70.8 Å². The smallest absolute Gasteiger partial charge is 0.282 e. The van der Waals surface area contributed by atoms with E-state index in [1.54, 1.807) is 0 Å². The summed E-state index contributed by atoms with van der Waals surface area (Å²) in [6.07, 6.45) is 0. The maximum atomic E-state index is 11.5. The SMILES string of the molecule is O=S(=O)(O)c1cc(S(=O)(=O)O)c2cc(S(=O)(=O)O)c(S(=O)(=O)O)cc2c1. The molecular weight excluding hydrogens is 440 g/mol. The molecule has 0 atom stereocenters. The molecule has 0 saturated heterocycles. The van der Waals surface area contributed by atoms with Crippen molar-refractivity contribution in [1.82, 2.24) is 0 Å². The molecule has 16 heteroatoms. The van der Waals surface area contributed by atoms with Crippen LogP contribution in [0.15, 0.2) is 43.8 Å². The molecule has 144 valence electrons.